The highest BCUT2D eigenvalue weighted by molar-refractivity contribution is 6.10. The summed E-state index contributed by atoms with van der Waals surface area (Å²) < 4.78 is 16.9. The Labute approximate surface area is 421 Å². The van der Waals surface area contributed by atoms with Crippen molar-refractivity contribution in [2.75, 3.05) is 4.90 Å². The fourth-order valence-electron chi connectivity index (χ4n) is 12.6. The summed E-state index contributed by atoms with van der Waals surface area (Å²) in [7, 11) is 2.12. The summed E-state index contributed by atoms with van der Waals surface area (Å²) in [6.07, 6.45) is 9.83. The van der Waals surface area contributed by atoms with E-state index in [0.717, 1.165) is 34.3 Å². The predicted molar refractivity (Wildman–Crippen MR) is 302 cm³/mol. The van der Waals surface area contributed by atoms with E-state index in [4.69, 9.17) is 0 Å². The van der Waals surface area contributed by atoms with E-state index in [0.29, 0.717) is 11.8 Å². The Balaban J connectivity index is 0.000000148. The van der Waals surface area contributed by atoms with E-state index >= 15 is 0 Å². The minimum absolute atomic E-state index is 0.143. The number of para-hydroxylation sites is 1. The number of halogens is 1. The van der Waals surface area contributed by atoms with E-state index in [9.17, 15) is 4.39 Å². The van der Waals surface area contributed by atoms with Gasteiger partial charge in [-0.25, -0.2) is 4.39 Å². The summed E-state index contributed by atoms with van der Waals surface area (Å²) in [4.78, 5) is 2.23. The van der Waals surface area contributed by atoms with Crippen LogP contribution in [0.3, 0.4) is 0 Å². The molecule has 8 aromatic carbocycles. The van der Waals surface area contributed by atoms with Crippen LogP contribution in [-0.4, -0.2) is 4.57 Å². The van der Waals surface area contributed by atoms with Gasteiger partial charge in [0.05, 0.1) is 5.69 Å². The zero-order valence-electron chi connectivity index (χ0n) is 43.2. The van der Waals surface area contributed by atoms with E-state index < -0.39 is 0 Å². The molecule has 9 aromatic rings. The first-order valence-corrected chi connectivity index (χ1v) is 25.7. The number of aryl methyl sites for hydroxylation is 4. The van der Waals surface area contributed by atoms with Crippen LogP contribution in [0, 0.1) is 38.4 Å². The van der Waals surface area contributed by atoms with E-state index in [2.05, 4.69) is 236 Å². The number of rotatable bonds is 6. The number of anilines is 3. The van der Waals surface area contributed by atoms with Gasteiger partial charge in [-0.05, 0) is 169 Å². The van der Waals surface area contributed by atoms with Gasteiger partial charge in [0.1, 0.15) is 5.82 Å². The van der Waals surface area contributed by atoms with Crippen molar-refractivity contribution in [3.63, 3.8) is 0 Å². The maximum atomic E-state index is 14.7. The molecule has 1 saturated carbocycles. The van der Waals surface area contributed by atoms with Gasteiger partial charge in [-0.3, -0.25) is 0 Å². The third-order valence-corrected chi connectivity index (χ3v) is 15.7. The standard InChI is InChI=1S/C37H36FN.C16H14.C15H17N/c1-23(2)37(24(3)4)33-20-26(6)17-18-32(33)36-31-16-8-7-15-30(31)35(22-34(36)37)39(28-13-9-11-25(5)19-28)29-14-10-12-27(38)21-29;1-10-6-7-13-11-4-2-3-5-12(11)15-9-16(15)14(13)8-10;1-4-6-10-14-12(5-2)13-9-7-8-11-15(13)16(14)3/h7-24H,1-6H3;2-8,15-16H,9H2,1H3;4-11H,1-3H3/b;;6-4-,12-5+,14-10+. The van der Waals surface area contributed by atoms with Gasteiger partial charge >= 0.3 is 0 Å². The number of fused-ring (bicyclic) bond motifs is 12. The van der Waals surface area contributed by atoms with Crippen molar-refractivity contribution < 1.29 is 4.39 Å². The molecular formula is C68H67FN2. The highest BCUT2D eigenvalue weighted by Crippen LogP contribution is 2.62. The third-order valence-electron chi connectivity index (χ3n) is 15.7. The fourth-order valence-corrected chi connectivity index (χ4v) is 12.6. The molecule has 0 bridgehead atoms. The van der Waals surface area contributed by atoms with Crippen molar-refractivity contribution in [3.05, 3.63) is 231 Å². The molecule has 3 aliphatic rings. The summed E-state index contributed by atoms with van der Waals surface area (Å²) in [6.45, 7) is 20.1. The number of aromatic nitrogens is 1. The Morgan fingerprint density at radius 2 is 1.18 bits per heavy atom. The van der Waals surface area contributed by atoms with Gasteiger partial charge in [-0.2, -0.15) is 0 Å². The van der Waals surface area contributed by atoms with E-state index in [1.165, 1.54) is 89.4 Å². The van der Waals surface area contributed by atoms with Crippen molar-refractivity contribution >= 4 is 50.9 Å². The molecule has 0 spiro atoms. The van der Waals surface area contributed by atoms with E-state index in [-0.39, 0.29) is 11.2 Å². The zero-order valence-corrected chi connectivity index (χ0v) is 43.2. The lowest BCUT2D eigenvalue weighted by Gasteiger charge is -2.41. The van der Waals surface area contributed by atoms with Gasteiger partial charge < -0.3 is 9.47 Å². The molecular weight excluding hydrogens is 864 g/mol. The van der Waals surface area contributed by atoms with Gasteiger partial charge in [0.15, 0.2) is 0 Å². The van der Waals surface area contributed by atoms with Crippen LogP contribution >= 0.6 is 0 Å². The van der Waals surface area contributed by atoms with Crippen molar-refractivity contribution in [1.29, 1.82) is 0 Å². The maximum Gasteiger partial charge on any atom is 0.125 e. The lowest BCUT2D eigenvalue weighted by atomic mass is 9.62. The Morgan fingerprint density at radius 1 is 0.577 bits per heavy atom. The number of hydrogen-bond acceptors (Lipinski definition) is 1. The first-order chi connectivity index (χ1) is 34.4. The largest absolute Gasteiger partial charge is 0.344 e. The first kappa shape index (κ1) is 47.4. The molecule has 0 N–H and O–H groups in total. The molecule has 3 heteroatoms. The molecule has 0 amide bonds. The van der Waals surface area contributed by atoms with Crippen molar-refractivity contribution in [2.45, 2.75) is 86.0 Å². The van der Waals surface area contributed by atoms with E-state index in [1.807, 2.05) is 13.0 Å². The van der Waals surface area contributed by atoms with Crippen LogP contribution in [0.15, 0.2) is 176 Å². The molecule has 356 valence electrons. The molecule has 12 rings (SSSR count). The smallest absolute Gasteiger partial charge is 0.125 e. The van der Waals surface area contributed by atoms with Gasteiger partial charge in [0.2, 0.25) is 0 Å². The van der Waals surface area contributed by atoms with Crippen molar-refractivity contribution in [1.82, 2.24) is 4.57 Å². The van der Waals surface area contributed by atoms with Crippen LogP contribution in [0.5, 0.6) is 0 Å². The summed E-state index contributed by atoms with van der Waals surface area (Å²) in [5.41, 5.74) is 19.5. The third kappa shape index (κ3) is 8.24. The number of benzene rings is 8. The van der Waals surface area contributed by atoms with Crippen LogP contribution in [-0.2, 0) is 12.5 Å². The number of nitrogens with zero attached hydrogens (tertiary/aromatic N) is 2. The molecule has 2 unspecified atom stereocenters. The minimum Gasteiger partial charge on any atom is -0.344 e. The summed E-state index contributed by atoms with van der Waals surface area (Å²) in [6, 6.07) is 57.9. The second-order valence-corrected chi connectivity index (χ2v) is 20.7. The molecule has 3 aliphatic carbocycles. The molecule has 2 nitrogen and oxygen atoms in total. The zero-order chi connectivity index (χ0) is 49.7. The highest BCUT2D eigenvalue weighted by atomic mass is 19.1. The van der Waals surface area contributed by atoms with Gasteiger partial charge in [0, 0.05) is 50.7 Å². The van der Waals surface area contributed by atoms with Gasteiger partial charge in [-0.15, -0.1) is 0 Å². The topological polar surface area (TPSA) is 8.17 Å². The van der Waals surface area contributed by atoms with Crippen molar-refractivity contribution in [2.24, 2.45) is 18.9 Å². The second-order valence-electron chi connectivity index (χ2n) is 20.7. The average Bonchev–Trinajstić information content (AvgIpc) is 4.06. The molecule has 0 saturated heterocycles. The summed E-state index contributed by atoms with van der Waals surface area (Å²) in [5, 5.41) is 6.31. The molecule has 1 fully saturated rings. The fraction of sp³-hybridized carbons (Fsp3) is 0.235. The molecule has 1 heterocycles. The van der Waals surface area contributed by atoms with Gasteiger partial charge in [0.25, 0.3) is 0 Å². The predicted octanol–water partition coefficient (Wildman–Crippen LogP) is 17.2. The normalized spacial score (nSPS) is 16.2. The second kappa shape index (κ2) is 19.2. The molecule has 2 atom stereocenters. The Kier molecular flexibility index (Phi) is 12.8. The van der Waals surface area contributed by atoms with Crippen LogP contribution in [0.25, 0.3) is 56.1 Å². The molecule has 0 aliphatic heterocycles. The minimum atomic E-state index is -0.239. The molecule has 1 aromatic heterocycles. The Morgan fingerprint density at radius 3 is 1.89 bits per heavy atom. The lowest BCUT2D eigenvalue weighted by Crippen LogP contribution is -2.37. The van der Waals surface area contributed by atoms with Crippen molar-refractivity contribution in [3.8, 4) is 22.3 Å². The number of allylic oxidation sites excluding steroid dienone is 2. The SMILES string of the molecule is C\C=C/C=c1\c(=C\C)c2ccccc2n1C.Cc1ccc2c(c1)C1CC1c1ccccc1-2.Cc1cccc(N(c2cccc(F)c2)c2cc3c(c4ccccc24)-c2ccc(C)cc2C3(C(C)C)C(C)C)c1. The Hall–Kier alpha value is -7.23. The molecule has 71 heavy (non-hydrogen) atoms. The van der Waals surface area contributed by atoms with Crippen LogP contribution in [0.2, 0.25) is 0 Å². The number of hydrogen-bond donors (Lipinski definition) is 0. The summed E-state index contributed by atoms with van der Waals surface area (Å²) >= 11 is 0. The highest BCUT2D eigenvalue weighted by Gasteiger charge is 2.49. The van der Waals surface area contributed by atoms with E-state index in [1.54, 1.807) is 23.3 Å². The summed E-state index contributed by atoms with van der Waals surface area (Å²) in [5.74, 6) is 2.15. The monoisotopic (exact) mass is 931 g/mol. The van der Waals surface area contributed by atoms with Crippen LogP contribution in [0.1, 0.15) is 98.7 Å². The van der Waals surface area contributed by atoms with Gasteiger partial charge in [-0.1, -0.05) is 178 Å². The van der Waals surface area contributed by atoms with Crippen LogP contribution < -0.4 is 15.5 Å². The Bertz CT molecular complexity index is 3590. The van der Waals surface area contributed by atoms with Crippen LogP contribution in [0.4, 0.5) is 21.5 Å². The quantitative estimate of drug-likeness (QED) is 0.161. The first-order valence-electron chi connectivity index (χ1n) is 25.7. The average molecular weight is 931 g/mol. The molecule has 0 radical (unpaired) electrons. The lowest BCUT2D eigenvalue weighted by molar-refractivity contribution is 0.280. The maximum absolute atomic E-state index is 14.7.